The third-order valence-corrected chi connectivity index (χ3v) is 1.65. The van der Waals surface area contributed by atoms with E-state index in [-0.39, 0.29) is 6.54 Å². The Bertz CT molecular complexity index is 363. The molecule has 0 unspecified atom stereocenters. The summed E-state index contributed by atoms with van der Waals surface area (Å²) in [5.74, 6) is -1.49. The van der Waals surface area contributed by atoms with E-state index in [1.54, 1.807) is 25.3 Å². The van der Waals surface area contributed by atoms with Crippen LogP contribution in [0.2, 0.25) is 0 Å². The Morgan fingerprint density at radius 3 is 2.86 bits per heavy atom. The average molecular weight is 194 g/mol. The Morgan fingerprint density at radius 1 is 1.57 bits per heavy atom. The number of nitrogens with one attached hydrogen (secondary N) is 1. The van der Waals surface area contributed by atoms with E-state index < -0.39 is 11.9 Å². The minimum absolute atomic E-state index is 0.382. The van der Waals surface area contributed by atoms with Crippen LogP contribution in [0, 0.1) is 6.92 Å². The van der Waals surface area contributed by atoms with Gasteiger partial charge in [-0.05, 0) is 19.1 Å². The molecular weight excluding hydrogens is 184 g/mol. The minimum atomic E-state index is -1.07. The summed E-state index contributed by atoms with van der Waals surface area (Å²) in [7, 11) is 0. The van der Waals surface area contributed by atoms with Crippen LogP contribution in [-0.2, 0) is 4.79 Å². The number of carbonyl (C=O) groups excluding carboxylic acids is 1. The van der Waals surface area contributed by atoms with Crippen LogP contribution in [0.1, 0.15) is 16.1 Å². The molecule has 2 N–H and O–H groups in total. The molecule has 0 saturated carbocycles. The van der Waals surface area contributed by atoms with Gasteiger partial charge in [0.05, 0.1) is 5.56 Å². The lowest BCUT2D eigenvalue weighted by Crippen LogP contribution is -2.29. The molecule has 0 saturated heterocycles. The Hall–Kier alpha value is -1.91. The maximum atomic E-state index is 11.4. The van der Waals surface area contributed by atoms with Gasteiger partial charge in [0, 0.05) is 11.9 Å². The van der Waals surface area contributed by atoms with Crippen molar-refractivity contribution in [2.75, 3.05) is 6.54 Å². The monoisotopic (exact) mass is 194 g/mol. The molecule has 0 aromatic carbocycles. The second kappa shape index (κ2) is 4.36. The summed E-state index contributed by atoms with van der Waals surface area (Å²) < 4.78 is 0. The molecule has 5 heteroatoms. The largest absolute Gasteiger partial charge is 0.480 e. The van der Waals surface area contributed by atoms with Crippen molar-refractivity contribution < 1.29 is 14.7 Å². The van der Waals surface area contributed by atoms with Gasteiger partial charge in [-0.25, -0.2) is 0 Å². The third kappa shape index (κ3) is 2.55. The van der Waals surface area contributed by atoms with Crippen molar-refractivity contribution in [2.24, 2.45) is 0 Å². The molecule has 0 bridgehead atoms. The van der Waals surface area contributed by atoms with E-state index >= 15 is 0 Å². The first-order chi connectivity index (χ1) is 6.61. The van der Waals surface area contributed by atoms with Crippen LogP contribution in [0.3, 0.4) is 0 Å². The first-order valence-corrected chi connectivity index (χ1v) is 4.03. The van der Waals surface area contributed by atoms with Gasteiger partial charge in [0.15, 0.2) is 0 Å². The van der Waals surface area contributed by atoms with Crippen LogP contribution in [0.15, 0.2) is 18.3 Å². The zero-order chi connectivity index (χ0) is 10.6. The van der Waals surface area contributed by atoms with E-state index in [0.717, 1.165) is 0 Å². The van der Waals surface area contributed by atoms with E-state index in [1.807, 2.05) is 0 Å². The van der Waals surface area contributed by atoms with Gasteiger partial charge in [0.2, 0.25) is 0 Å². The molecular formula is C9H10N2O3. The molecule has 0 aliphatic rings. The molecule has 1 aromatic rings. The maximum Gasteiger partial charge on any atom is 0.322 e. The minimum Gasteiger partial charge on any atom is -0.480 e. The first kappa shape index (κ1) is 10.2. The fourth-order valence-corrected chi connectivity index (χ4v) is 0.975. The number of rotatable bonds is 3. The lowest BCUT2D eigenvalue weighted by molar-refractivity contribution is -0.135. The number of pyridine rings is 1. The van der Waals surface area contributed by atoms with Crippen LogP contribution in [-0.4, -0.2) is 28.5 Å². The summed E-state index contributed by atoms with van der Waals surface area (Å²) in [5, 5.41) is 10.6. The summed E-state index contributed by atoms with van der Waals surface area (Å²) in [6.07, 6.45) is 1.57. The number of aryl methyl sites for hydroxylation is 1. The Kier molecular flexibility index (Phi) is 3.17. The van der Waals surface area contributed by atoms with Gasteiger partial charge in [0.25, 0.3) is 5.91 Å². The molecule has 74 valence electrons. The highest BCUT2D eigenvalue weighted by Gasteiger charge is 2.09. The average Bonchev–Trinajstić information content (AvgIpc) is 2.15. The smallest absolute Gasteiger partial charge is 0.322 e. The van der Waals surface area contributed by atoms with Crippen molar-refractivity contribution in [3.63, 3.8) is 0 Å². The number of aliphatic carboxylic acids is 1. The molecule has 1 rings (SSSR count). The van der Waals surface area contributed by atoms with Crippen LogP contribution in [0.5, 0.6) is 0 Å². The summed E-state index contributed by atoms with van der Waals surface area (Å²) in [6.45, 7) is 1.31. The highest BCUT2D eigenvalue weighted by atomic mass is 16.4. The zero-order valence-corrected chi connectivity index (χ0v) is 7.65. The number of hydrogen-bond donors (Lipinski definition) is 2. The lowest BCUT2D eigenvalue weighted by atomic mass is 10.2. The van der Waals surface area contributed by atoms with Gasteiger partial charge in [-0.2, -0.15) is 0 Å². The molecule has 0 atom stereocenters. The Balaban J connectivity index is 2.70. The standard InChI is InChI=1S/C9H10N2O3/c1-6-7(3-2-4-10-6)9(14)11-5-8(12)13/h2-4H,5H2,1H3,(H,11,14)(H,12,13). The van der Waals surface area contributed by atoms with Gasteiger partial charge in [-0.1, -0.05) is 0 Å². The van der Waals surface area contributed by atoms with Gasteiger partial charge in [-0.3, -0.25) is 14.6 Å². The molecule has 0 aliphatic carbocycles. The molecule has 0 radical (unpaired) electrons. The lowest BCUT2D eigenvalue weighted by Gasteiger charge is -2.03. The fraction of sp³-hybridized carbons (Fsp3) is 0.222. The summed E-state index contributed by atoms with van der Waals surface area (Å²) in [6, 6.07) is 3.22. The van der Waals surface area contributed by atoms with Crippen molar-refractivity contribution in [3.8, 4) is 0 Å². The second-order valence-electron chi connectivity index (χ2n) is 2.71. The topological polar surface area (TPSA) is 79.3 Å². The predicted molar refractivity (Wildman–Crippen MR) is 48.9 cm³/mol. The molecule has 0 fully saturated rings. The predicted octanol–water partition coefficient (Wildman–Crippen LogP) is 0.204. The number of aromatic nitrogens is 1. The molecule has 1 heterocycles. The summed E-state index contributed by atoms with van der Waals surface area (Å²) in [4.78, 5) is 25.5. The Labute approximate surface area is 80.8 Å². The van der Waals surface area contributed by atoms with E-state index in [4.69, 9.17) is 5.11 Å². The van der Waals surface area contributed by atoms with Crippen molar-refractivity contribution >= 4 is 11.9 Å². The van der Waals surface area contributed by atoms with Gasteiger partial charge in [0.1, 0.15) is 6.54 Å². The van der Waals surface area contributed by atoms with Crippen molar-refractivity contribution in [2.45, 2.75) is 6.92 Å². The molecule has 1 aromatic heterocycles. The highest BCUT2D eigenvalue weighted by Crippen LogP contribution is 2.02. The molecule has 0 spiro atoms. The highest BCUT2D eigenvalue weighted by molar-refractivity contribution is 5.96. The zero-order valence-electron chi connectivity index (χ0n) is 7.65. The van der Waals surface area contributed by atoms with Gasteiger partial charge < -0.3 is 10.4 Å². The van der Waals surface area contributed by atoms with E-state index in [9.17, 15) is 9.59 Å². The van der Waals surface area contributed by atoms with Crippen LogP contribution in [0.4, 0.5) is 0 Å². The number of hydrogen-bond acceptors (Lipinski definition) is 3. The quantitative estimate of drug-likeness (QED) is 0.720. The van der Waals surface area contributed by atoms with Crippen LogP contribution in [0.25, 0.3) is 0 Å². The van der Waals surface area contributed by atoms with Crippen molar-refractivity contribution in [1.29, 1.82) is 0 Å². The van der Waals surface area contributed by atoms with Gasteiger partial charge in [-0.15, -0.1) is 0 Å². The van der Waals surface area contributed by atoms with E-state index in [0.29, 0.717) is 11.3 Å². The third-order valence-electron chi connectivity index (χ3n) is 1.65. The molecule has 0 aliphatic heterocycles. The maximum absolute atomic E-state index is 11.4. The first-order valence-electron chi connectivity index (χ1n) is 4.03. The molecule has 14 heavy (non-hydrogen) atoms. The van der Waals surface area contributed by atoms with Crippen molar-refractivity contribution in [3.05, 3.63) is 29.6 Å². The fourth-order valence-electron chi connectivity index (χ4n) is 0.975. The number of carboxylic acids is 1. The molecule has 1 amide bonds. The molecule has 5 nitrogen and oxygen atoms in total. The SMILES string of the molecule is Cc1ncccc1C(=O)NCC(=O)O. The van der Waals surface area contributed by atoms with Crippen molar-refractivity contribution in [1.82, 2.24) is 10.3 Å². The second-order valence-corrected chi connectivity index (χ2v) is 2.71. The van der Waals surface area contributed by atoms with E-state index in [1.165, 1.54) is 0 Å². The number of amides is 1. The summed E-state index contributed by atoms with van der Waals surface area (Å²) >= 11 is 0. The normalized spacial score (nSPS) is 9.50. The number of nitrogens with zero attached hydrogens (tertiary/aromatic N) is 1. The van der Waals surface area contributed by atoms with Gasteiger partial charge >= 0.3 is 5.97 Å². The number of carboxylic acid groups (broad SMARTS) is 1. The van der Waals surface area contributed by atoms with Crippen LogP contribution >= 0.6 is 0 Å². The number of carbonyl (C=O) groups is 2. The Morgan fingerprint density at radius 2 is 2.29 bits per heavy atom. The van der Waals surface area contributed by atoms with Crippen LogP contribution < -0.4 is 5.32 Å². The summed E-state index contributed by atoms with van der Waals surface area (Å²) in [5.41, 5.74) is 0.976. The van der Waals surface area contributed by atoms with E-state index in [2.05, 4.69) is 10.3 Å².